The topological polar surface area (TPSA) is 78.7 Å². The lowest BCUT2D eigenvalue weighted by molar-refractivity contribution is 0.508. The lowest BCUT2D eigenvalue weighted by Crippen LogP contribution is -2.10. The molecule has 1 unspecified atom stereocenters. The van der Waals surface area contributed by atoms with Gasteiger partial charge in [0, 0.05) is 40.5 Å². The van der Waals surface area contributed by atoms with Crippen molar-refractivity contribution in [1.82, 2.24) is 38.9 Å². The van der Waals surface area contributed by atoms with Gasteiger partial charge in [0.2, 0.25) is 0 Å². The van der Waals surface area contributed by atoms with Crippen molar-refractivity contribution in [2.24, 2.45) is 0 Å². The minimum Gasteiger partial charge on any atom is -0.286 e. The van der Waals surface area contributed by atoms with Gasteiger partial charge in [0.15, 0.2) is 5.65 Å². The summed E-state index contributed by atoms with van der Waals surface area (Å²) in [4.78, 5) is 14.2. The number of pyridine rings is 1. The van der Waals surface area contributed by atoms with Crippen molar-refractivity contribution in [3.8, 4) is 28.5 Å². The van der Waals surface area contributed by atoms with Gasteiger partial charge in [-0.2, -0.15) is 10.1 Å². The number of hydrogen-bond acceptors (Lipinski definition) is 5. The summed E-state index contributed by atoms with van der Waals surface area (Å²) in [6.45, 7) is 8.20. The highest BCUT2D eigenvalue weighted by atomic mass is 19.1. The summed E-state index contributed by atoms with van der Waals surface area (Å²) in [6.07, 6.45) is 9.99. The van der Waals surface area contributed by atoms with Gasteiger partial charge in [0.1, 0.15) is 5.82 Å². The monoisotopic (exact) mass is 506 g/mol. The Balaban J connectivity index is 1.34. The minimum absolute atomic E-state index is 0.000139. The average molecular weight is 507 g/mol. The molecule has 38 heavy (non-hydrogen) atoms. The van der Waals surface area contributed by atoms with Crippen LogP contribution in [0.3, 0.4) is 0 Å². The molecule has 0 aliphatic carbocycles. The highest BCUT2D eigenvalue weighted by molar-refractivity contribution is 5.71. The van der Waals surface area contributed by atoms with E-state index in [9.17, 15) is 4.39 Å². The first-order chi connectivity index (χ1) is 18.4. The molecule has 0 spiro atoms. The van der Waals surface area contributed by atoms with Gasteiger partial charge in [-0.3, -0.25) is 14.2 Å². The number of aryl methyl sites for hydroxylation is 3. The summed E-state index contributed by atoms with van der Waals surface area (Å²) in [7, 11) is 0. The Labute approximate surface area is 219 Å². The number of halogens is 1. The lowest BCUT2D eigenvalue weighted by atomic mass is 10.0. The largest absolute Gasteiger partial charge is 0.286 e. The van der Waals surface area contributed by atoms with Gasteiger partial charge in [-0.15, -0.1) is 5.10 Å². The predicted octanol–water partition coefficient (Wildman–Crippen LogP) is 5.90. The van der Waals surface area contributed by atoms with E-state index in [4.69, 9.17) is 15.1 Å². The third kappa shape index (κ3) is 4.06. The summed E-state index contributed by atoms with van der Waals surface area (Å²) in [5, 5.41) is 9.29. The Morgan fingerprint density at radius 3 is 2.34 bits per heavy atom. The van der Waals surface area contributed by atoms with E-state index in [0.29, 0.717) is 5.95 Å². The van der Waals surface area contributed by atoms with Crippen molar-refractivity contribution in [2.45, 2.75) is 40.2 Å². The summed E-state index contributed by atoms with van der Waals surface area (Å²) in [5.74, 6) is 0.395. The van der Waals surface area contributed by atoms with Gasteiger partial charge in [-0.1, -0.05) is 19.1 Å². The Morgan fingerprint density at radius 2 is 1.61 bits per heavy atom. The molecule has 0 fully saturated rings. The van der Waals surface area contributed by atoms with Gasteiger partial charge in [0.25, 0.3) is 5.95 Å². The SMILES string of the molecule is CCC(c1ccc(F)cc1)n1cc(-c2cncc(-c3ccn4nc(-n5c(C)ccc5C)nc4c3C)n2)cn1. The molecule has 0 saturated carbocycles. The maximum Gasteiger partial charge on any atom is 0.254 e. The van der Waals surface area contributed by atoms with Gasteiger partial charge in [-0.25, -0.2) is 13.9 Å². The molecule has 9 heteroatoms. The second-order valence-electron chi connectivity index (χ2n) is 9.46. The molecular weight excluding hydrogens is 479 g/mol. The van der Waals surface area contributed by atoms with E-state index in [2.05, 4.69) is 29.1 Å². The smallest absolute Gasteiger partial charge is 0.254 e. The highest BCUT2D eigenvalue weighted by Gasteiger charge is 2.17. The molecule has 5 aromatic heterocycles. The number of aromatic nitrogens is 8. The molecule has 0 bridgehead atoms. The van der Waals surface area contributed by atoms with Crippen LogP contribution in [-0.4, -0.2) is 38.9 Å². The van der Waals surface area contributed by atoms with Crippen molar-refractivity contribution < 1.29 is 4.39 Å². The van der Waals surface area contributed by atoms with Crippen LogP contribution in [0.5, 0.6) is 0 Å². The van der Waals surface area contributed by atoms with E-state index in [0.717, 1.165) is 57.1 Å². The molecule has 6 rings (SSSR count). The number of benzene rings is 1. The molecule has 5 heterocycles. The number of fused-ring (bicyclic) bond motifs is 1. The van der Waals surface area contributed by atoms with Gasteiger partial charge < -0.3 is 0 Å². The summed E-state index contributed by atoms with van der Waals surface area (Å²) in [6, 6.07) is 12.7. The molecule has 190 valence electrons. The highest BCUT2D eigenvalue weighted by Crippen LogP contribution is 2.28. The fraction of sp³-hybridized carbons (Fsp3) is 0.207. The zero-order chi connectivity index (χ0) is 26.4. The third-order valence-corrected chi connectivity index (χ3v) is 6.98. The van der Waals surface area contributed by atoms with Gasteiger partial charge >= 0.3 is 0 Å². The first-order valence-corrected chi connectivity index (χ1v) is 12.6. The van der Waals surface area contributed by atoms with Crippen molar-refractivity contribution in [3.05, 3.63) is 102 Å². The zero-order valence-electron chi connectivity index (χ0n) is 21.7. The fourth-order valence-corrected chi connectivity index (χ4v) is 4.95. The van der Waals surface area contributed by atoms with Gasteiger partial charge in [-0.05, 0) is 63.1 Å². The van der Waals surface area contributed by atoms with Crippen molar-refractivity contribution in [2.75, 3.05) is 0 Å². The summed E-state index contributed by atoms with van der Waals surface area (Å²) < 4.78 is 19.2. The van der Waals surface area contributed by atoms with Crippen LogP contribution in [0.1, 0.15) is 41.9 Å². The molecule has 0 amide bonds. The Kier molecular flexibility index (Phi) is 5.83. The van der Waals surface area contributed by atoms with Crippen molar-refractivity contribution >= 4 is 5.65 Å². The van der Waals surface area contributed by atoms with Crippen LogP contribution in [0.15, 0.2) is 73.4 Å². The van der Waals surface area contributed by atoms with Crippen LogP contribution in [-0.2, 0) is 0 Å². The molecule has 8 nitrogen and oxygen atoms in total. The van der Waals surface area contributed by atoms with Crippen LogP contribution in [0.4, 0.5) is 4.39 Å². The second kappa shape index (κ2) is 9.33. The first kappa shape index (κ1) is 23.7. The van der Waals surface area contributed by atoms with Crippen LogP contribution < -0.4 is 0 Å². The van der Waals surface area contributed by atoms with Crippen LogP contribution in [0.2, 0.25) is 0 Å². The second-order valence-corrected chi connectivity index (χ2v) is 9.46. The molecule has 1 atom stereocenters. The van der Waals surface area contributed by atoms with E-state index < -0.39 is 0 Å². The molecular formula is C29H27FN8. The average Bonchev–Trinajstić information content (AvgIpc) is 3.65. The lowest BCUT2D eigenvalue weighted by Gasteiger charge is -2.16. The van der Waals surface area contributed by atoms with Crippen LogP contribution in [0, 0.1) is 26.6 Å². The first-order valence-electron chi connectivity index (χ1n) is 12.6. The van der Waals surface area contributed by atoms with E-state index in [1.807, 2.05) is 48.5 Å². The van der Waals surface area contributed by atoms with E-state index in [1.165, 1.54) is 12.1 Å². The predicted molar refractivity (Wildman–Crippen MR) is 144 cm³/mol. The number of nitrogens with zero attached hydrogens (tertiary/aromatic N) is 8. The fourth-order valence-electron chi connectivity index (χ4n) is 4.95. The Hall–Kier alpha value is -4.66. The molecule has 0 aliphatic rings. The standard InChI is InChI=1S/C29H27FN8/c1-5-27(21-8-10-23(30)11-9-21)37-17-22(14-32-37)25-15-31-16-26(33-25)24-12-13-36-28(20(24)4)34-29(35-36)38-18(2)6-7-19(38)3/h6-17,27H,5H2,1-4H3. The quantitative estimate of drug-likeness (QED) is 0.281. The van der Waals surface area contributed by atoms with E-state index in [1.54, 1.807) is 35.2 Å². The van der Waals surface area contributed by atoms with E-state index in [-0.39, 0.29) is 11.9 Å². The summed E-state index contributed by atoms with van der Waals surface area (Å²) >= 11 is 0. The minimum atomic E-state index is -0.248. The third-order valence-electron chi connectivity index (χ3n) is 6.98. The Morgan fingerprint density at radius 1 is 0.868 bits per heavy atom. The number of hydrogen-bond donors (Lipinski definition) is 0. The molecule has 6 aromatic rings. The van der Waals surface area contributed by atoms with Crippen LogP contribution in [0.25, 0.3) is 34.1 Å². The van der Waals surface area contributed by atoms with Gasteiger partial charge in [0.05, 0.1) is 36.0 Å². The molecule has 0 aliphatic heterocycles. The maximum absolute atomic E-state index is 13.4. The van der Waals surface area contributed by atoms with Crippen molar-refractivity contribution in [3.63, 3.8) is 0 Å². The molecule has 0 saturated heterocycles. The summed E-state index contributed by atoms with van der Waals surface area (Å²) in [5.41, 5.74) is 8.19. The molecule has 0 radical (unpaired) electrons. The molecule has 0 N–H and O–H groups in total. The van der Waals surface area contributed by atoms with E-state index >= 15 is 0 Å². The Bertz CT molecular complexity index is 1740. The maximum atomic E-state index is 13.4. The van der Waals surface area contributed by atoms with Crippen LogP contribution >= 0.6 is 0 Å². The van der Waals surface area contributed by atoms with Crippen molar-refractivity contribution in [1.29, 1.82) is 0 Å². The molecule has 1 aromatic carbocycles. The zero-order valence-corrected chi connectivity index (χ0v) is 21.7. The normalized spacial score (nSPS) is 12.3. The number of rotatable bonds is 6.